The predicted molar refractivity (Wildman–Crippen MR) is 120 cm³/mol. The summed E-state index contributed by atoms with van der Waals surface area (Å²) in [5.41, 5.74) is 1.68. The number of anilines is 2. The summed E-state index contributed by atoms with van der Waals surface area (Å²) in [7, 11) is -3.76. The summed E-state index contributed by atoms with van der Waals surface area (Å²) in [6, 6.07) is 11.8. The average Bonchev–Trinajstić information content (AvgIpc) is 2.79. The smallest absolute Gasteiger partial charge is 0.307 e. The van der Waals surface area contributed by atoms with Crippen LogP contribution in [0.25, 0.3) is 0 Å². The first-order valence-electron chi connectivity index (χ1n) is 10.6. The highest BCUT2D eigenvalue weighted by Crippen LogP contribution is 2.22. The molecule has 172 valence electrons. The van der Waals surface area contributed by atoms with Gasteiger partial charge in [-0.05, 0) is 74.7 Å². The number of ether oxygens (including phenoxy) is 1. The molecule has 3 rings (SSSR count). The van der Waals surface area contributed by atoms with E-state index < -0.39 is 45.8 Å². The first kappa shape index (κ1) is 23.7. The van der Waals surface area contributed by atoms with Crippen molar-refractivity contribution in [3.8, 4) is 0 Å². The number of benzene rings is 2. The molecular formula is C23H27FN2O5S. The minimum absolute atomic E-state index is 0.0782. The molecule has 1 atom stereocenters. The fourth-order valence-corrected chi connectivity index (χ4v) is 4.66. The topological polar surface area (TPSA) is 92.8 Å². The highest BCUT2D eigenvalue weighted by molar-refractivity contribution is 7.91. The maximum absolute atomic E-state index is 13.0. The quantitative estimate of drug-likeness (QED) is 0.476. The molecule has 0 spiro atoms. The molecule has 1 saturated heterocycles. The Hall–Kier alpha value is -2.94. The molecule has 1 heterocycles. The van der Waals surface area contributed by atoms with E-state index in [1.165, 1.54) is 26.2 Å². The second-order valence-corrected chi connectivity index (χ2v) is 9.85. The maximum atomic E-state index is 13.0. The van der Waals surface area contributed by atoms with Gasteiger partial charge >= 0.3 is 5.97 Å². The van der Waals surface area contributed by atoms with Crippen LogP contribution in [0.1, 0.15) is 32.6 Å². The number of rotatable bonds is 8. The lowest BCUT2D eigenvalue weighted by molar-refractivity contribution is -0.152. The van der Waals surface area contributed by atoms with Crippen LogP contribution in [0.5, 0.6) is 0 Å². The number of carbonyl (C=O) groups excluding carboxylic acids is 2. The summed E-state index contributed by atoms with van der Waals surface area (Å²) in [4.78, 5) is 26.6. The van der Waals surface area contributed by atoms with E-state index in [1.54, 1.807) is 12.1 Å². The number of piperidine rings is 1. The van der Waals surface area contributed by atoms with Gasteiger partial charge in [0.25, 0.3) is 5.91 Å². The summed E-state index contributed by atoms with van der Waals surface area (Å²) < 4.78 is 42.5. The molecule has 0 bridgehead atoms. The van der Waals surface area contributed by atoms with Gasteiger partial charge in [-0.15, -0.1) is 0 Å². The normalized spacial score (nSPS) is 15.1. The number of nitrogens with zero attached hydrogens (tertiary/aromatic N) is 1. The molecule has 1 fully saturated rings. The first-order chi connectivity index (χ1) is 15.2. The molecule has 1 amide bonds. The fourth-order valence-electron chi connectivity index (χ4n) is 3.44. The van der Waals surface area contributed by atoms with Gasteiger partial charge in [0.15, 0.2) is 15.9 Å². The van der Waals surface area contributed by atoms with Crippen LogP contribution in [0.4, 0.5) is 15.8 Å². The van der Waals surface area contributed by atoms with Crippen molar-refractivity contribution < 1.29 is 27.1 Å². The Morgan fingerprint density at radius 2 is 1.66 bits per heavy atom. The summed E-state index contributed by atoms with van der Waals surface area (Å²) in [6.45, 7) is 3.47. The Morgan fingerprint density at radius 1 is 1.03 bits per heavy atom. The van der Waals surface area contributed by atoms with Crippen molar-refractivity contribution in [1.29, 1.82) is 0 Å². The van der Waals surface area contributed by atoms with Crippen LogP contribution < -0.4 is 10.2 Å². The van der Waals surface area contributed by atoms with E-state index in [0.29, 0.717) is 5.69 Å². The fraction of sp³-hybridized carbons (Fsp3) is 0.391. The van der Waals surface area contributed by atoms with Crippen molar-refractivity contribution in [2.75, 3.05) is 29.1 Å². The number of esters is 1. The Kier molecular flexibility index (Phi) is 7.84. The molecule has 1 aliphatic heterocycles. The van der Waals surface area contributed by atoms with E-state index in [0.717, 1.165) is 43.0 Å². The van der Waals surface area contributed by atoms with E-state index in [1.807, 2.05) is 12.1 Å². The van der Waals surface area contributed by atoms with Crippen LogP contribution in [-0.4, -0.2) is 45.2 Å². The number of hydrogen-bond donors (Lipinski definition) is 1. The molecule has 0 radical (unpaired) electrons. The molecule has 0 saturated carbocycles. The highest BCUT2D eigenvalue weighted by atomic mass is 32.2. The summed E-state index contributed by atoms with van der Waals surface area (Å²) in [5.74, 6) is -2.36. The van der Waals surface area contributed by atoms with Crippen LogP contribution in [0, 0.1) is 5.82 Å². The largest absolute Gasteiger partial charge is 0.453 e. The van der Waals surface area contributed by atoms with Gasteiger partial charge in [0.05, 0.1) is 17.1 Å². The van der Waals surface area contributed by atoms with Gasteiger partial charge in [-0.1, -0.05) is 0 Å². The number of hydrogen-bond acceptors (Lipinski definition) is 6. The van der Waals surface area contributed by atoms with E-state index >= 15 is 0 Å². The summed E-state index contributed by atoms with van der Waals surface area (Å²) in [5, 5.41) is 2.69. The third kappa shape index (κ3) is 6.53. The van der Waals surface area contributed by atoms with Crippen LogP contribution in [0.2, 0.25) is 0 Å². The van der Waals surface area contributed by atoms with E-state index in [2.05, 4.69) is 10.2 Å². The van der Waals surface area contributed by atoms with Crippen molar-refractivity contribution in [3.05, 3.63) is 54.3 Å². The zero-order chi connectivity index (χ0) is 23.1. The molecule has 1 N–H and O–H groups in total. The third-order valence-electron chi connectivity index (χ3n) is 5.28. The zero-order valence-corrected chi connectivity index (χ0v) is 18.7. The second kappa shape index (κ2) is 10.6. The standard InChI is InChI=1S/C23H27FN2O5S/c1-17(31-22(27)13-16-32(29,30)21-11-5-18(24)6-12-21)23(28)25-19-7-9-20(10-8-19)26-14-3-2-4-15-26/h5-12,17H,2-4,13-16H2,1H3,(H,25,28)/t17-/m0/s1. The van der Waals surface area contributed by atoms with Gasteiger partial charge in [-0.3, -0.25) is 9.59 Å². The number of nitrogens with one attached hydrogen (secondary N) is 1. The van der Waals surface area contributed by atoms with Crippen LogP contribution in [0.15, 0.2) is 53.4 Å². The van der Waals surface area contributed by atoms with Gasteiger partial charge in [0.2, 0.25) is 0 Å². The van der Waals surface area contributed by atoms with E-state index in [9.17, 15) is 22.4 Å². The molecule has 0 aliphatic carbocycles. The van der Waals surface area contributed by atoms with Crippen LogP contribution >= 0.6 is 0 Å². The van der Waals surface area contributed by atoms with E-state index in [-0.39, 0.29) is 4.90 Å². The molecule has 32 heavy (non-hydrogen) atoms. The molecule has 7 nitrogen and oxygen atoms in total. The highest BCUT2D eigenvalue weighted by Gasteiger charge is 2.21. The Labute approximate surface area is 187 Å². The number of amides is 1. The van der Waals surface area contributed by atoms with Crippen molar-refractivity contribution in [2.24, 2.45) is 0 Å². The van der Waals surface area contributed by atoms with Gasteiger partial charge in [0, 0.05) is 24.5 Å². The zero-order valence-electron chi connectivity index (χ0n) is 17.9. The van der Waals surface area contributed by atoms with Crippen LogP contribution in [0.3, 0.4) is 0 Å². The molecule has 1 aliphatic rings. The molecular weight excluding hydrogens is 435 g/mol. The SMILES string of the molecule is C[C@H](OC(=O)CCS(=O)(=O)c1ccc(F)cc1)C(=O)Nc1ccc(N2CCCCC2)cc1. The summed E-state index contributed by atoms with van der Waals surface area (Å²) in [6.07, 6.45) is 2.10. The summed E-state index contributed by atoms with van der Waals surface area (Å²) >= 11 is 0. The number of sulfone groups is 1. The lowest BCUT2D eigenvalue weighted by Crippen LogP contribution is -2.31. The monoisotopic (exact) mass is 462 g/mol. The second-order valence-electron chi connectivity index (χ2n) is 7.74. The van der Waals surface area contributed by atoms with Crippen molar-refractivity contribution in [1.82, 2.24) is 0 Å². The van der Waals surface area contributed by atoms with Crippen LogP contribution in [-0.2, 0) is 24.2 Å². The minimum Gasteiger partial charge on any atom is -0.453 e. The lowest BCUT2D eigenvalue weighted by Gasteiger charge is -2.28. The van der Waals surface area contributed by atoms with Gasteiger partial charge in [0.1, 0.15) is 5.82 Å². The molecule has 9 heteroatoms. The van der Waals surface area contributed by atoms with Crippen molar-refractivity contribution in [3.63, 3.8) is 0 Å². The Bertz CT molecular complexity index is 1030. The molecule has 2 aromatic carbocycles. The Balaban J connectivity index is 1.47. The first-order valence-corrected chi connectivity index (χ1v) is 12.2. The van der Waals surface area contributed by atoms with Gasteiger partial charge in [-0.25, -0.2) is 12.8 Å². The average molecular weight is 463 g/mol. The van der Waals surface area contributed by atoms with Crippen molar-refractivity contribution >= 4 is 33.1 Å². The van der Waals surface area contributed by atoms with Crippen molar-refractivity contribution in [2.45, 2.75) is 43.6 Å². The van der Waals surface area contributed by atoms with Gasteiger partial charge in [-0.2, -0.15) is 0 Å². The predicted octanol–water partition coefficient (Wildman–Crippen LogP) is 3.55. The third-order valence-corrected chi connectivity index (χ3v) is 7.01. The minimum atomic E-state index is -3.76. The Morgan fingerprint density at radius 3 is 2.28 bits per heavy atom. The van der Waals surface area contributed by atoms with E-state index in [4.69, 9.17) is 4.74 Å². The molecule has 0 aromatic heterocycles. The number of halogens is 1. The van der Waals surface area contributed by atoms with Gasteiger partial charge < -0.3 is 15.0 Å². The molecule has 0 unspecified atom stereocenters. The lowest BCUT2D eigenvalue weighted by atomic mass is 10.1. The maximum Gasteiger partial charge on any atom is 0.307 e. The number of carbonyl (C=O) groups is 2. The molecule has 2 aromatic rings.